The SMILES string of the molecule is CN([n+]1ccccc1)S(=O)(=O)c1ccc(C(F)(F)F)cc1.F[B-](F)(F)F. The Morgan fingerprint density at radius 3 is 1.73 bits per heavy atom. The third-order valence-corrected chi connectivity index (χ3v) is 4.60. The van der Waals surface area contributed by atoms with Gasteiger partial charge in [0.05, 0.1) is 17.5 Å². The first-order valence-electron chi connectivity index (χ1n) is 6.73. The molecule has 2 aromatic rings. The third-order valence-electron chi connectivity index (χ3n) is 2.85. The van der Waals surface area contributed by atoms with E-state index in [1.807, 2.05) is 0 Å². The topological polar surface area (TPSA) is 41.3 Å². The van der Waals surface area contributed by atoms with E-state index in [0.717, 1.165) is 28.7 Å². The first-order chi connectivity index (χ1) is 11.7. The highest BCUT2D eigenvalue weighted by atomic mass is 32.2. The molecule has 0 radical (unpaired) electrons. The molecule has 0 atom stereocenters. The molecular formula is C13H12BF7N2O2S. The maximum atomic E-state index is 12.5. The molecule has 0 amide bonds. The second kappa shape index (κ2) is 7.93. The molecule has 2 rings (SSSR count). The van der Waals surface area contributed by atoms with Crippen molar-refractivity contribution in [1.29, 1.82) is 0 Å². The predicted molar refractivity (Wildman–Crippen MR) is 79.6 cm³/mol. The molecule has 0 unspecified atom stereocenters. The summed E-state index contributed by atoms with van der Waals surface area (Å²) < 4.78 is 103. The van der Waals surface area contributed by atoms with E-state index < -0.39 is 29.0 Å². The van der Waals surface area contributed by atoms with Crippen LogP contribution in [0.25, 0.3) is 0 Å². The van der Waals surface area contributed by atoms with Gasteiger partial charge in [0.15, 0.2) is 0 Å². The highest BCUT2D eigenvalue weighted by molar-refractivity contribution is 7.92. The molecule has 1 heterocycles. The third kappa shape index (κ3) is 6.54. The molecule has 0 aliphatic rings. The molecule has 0 aliphatic carbocycles. The number of sulfonamides is 1. The molecule has 0 N–H and O–H groups in total. The fourth-order valence-corrected chi connectivity index (χ4v) is 2.81. The highest BCUT2D eigenvalue weighted by Crippen LogP contribution is 2.29. The quantitative estimate of drug-likeness (QED) is 0.448. The van der Waals surface area contributed by atoms with E-state index in [0.29, 0.717) is 0 Å². The van der Waals surface area contributed by atoms with Crippen molar-refractivity contribution in [2.75, 3.05) is 11.5 Å². The summed E-state index contributed by atoms with van der Waals surface area (Å²) in [4.78, 5) is -0.214. The second-order valence-corrected chi connectivity index (χ2v) is 6.66. The Morgan fingerprint density at radius 1 is 0.923 bits per heavy atom. The summed E-state index contributed by atoms with van der Waals surface area (Å²) in [6, 6.07) is 8.37. The van der Waals surface area contributed by atoms with Crippen LogP contribution in [0.4, 0.5) is 30.4 Å². The first kappa shape index (κ1) is 21.7. The van der Waals surface area contributed by atoms with Gasteiger partial charge in [-0.2, -0.15) is 21.6 Å². The molecule has 0 bridgehead atoms. The lowest BCUT2D eigenvalue weighted by atomic mass is 10.2. The van der Waals surface area contributed by atoms with Crippen LogP contribution in [0.15, 0.2) is 59.8 Å². The Morgan fingerprint density at radius 2 is 1.35 bits per heavy atom. The number of rotatable bonds is 3. The van der Waals surface area contributed by atoms with Crippen molar-refractivity contribution < 1.29 is 43.5 Å². The number of alkyl halides is 3. The van der Waals surface area contributed by atoms with Crippen LogP contribution in [0.2, 0.25) is 0 Å². The van der Waals surface area contributed by atoms with Crippen molar-refractivity contribution in [3.63, 3.8) is 0 Å². The van der Waals surface area contributed by atoms with Gasteiger partial charge in [-0.05, 0) is 24.3 Å². The summed E-state index contributed by atoms with van der Waals surface area (Å²) in [5, 5.41) is 0. The smallest absolute Gasteiger partial charge is 0.418 e. The van der Waals surface area contributed by atoms with Crippen LogP contribution in [0.3, 0.4) is 0 Å². The lowest BCUT2D eigenvalue weighted by Crippen LogP contribution is -2.57. The normalized spacial score (nSPS) is 12.2. The molecule has 0 saturated carbocycles. The zero-order chi connectivity index (χ0) is 20.2. The molecule has 4 nitrogen and oxygen atoms in total. The standard InChI is InChI=1S/C13H12F3N2O2S.BF4/c1-17(18-9-3-2-4-10-18)21(19,20)12-7-5-11(6-8-12)13(14,15)16;2-1(3,4)5/h2-10H,1H3;/q+1;-1. The van der Waals surface area contributed by atoms with E-state index in [-0.39, 0.29) is 4.90 Å². The van der Waals surface area contributed by atoms with Gasteiger partial charge in [-0.25, -0.2) is 0 Å². The summed E-state index contributed by atoms with van der Waals surface area (Å²) in [7, 11) is -8.61. The lowest BCUT2D eigenvalue weighted by molar-refractivity contribution is -0.673. The van der Waals surface area contributed by atoms with Gasteiger partial charge in [0.2, 0.25) is 12.4 Å². The zero-order valence-corrected chi connectivity index (χ0v) is 13.9. The molecule has 1 aromatic carbocycles. The first-order valence-corrected chi connectivity index (χ1v) is 8.17. The van der Waals surface area contributed by atoms with Crippen molar-refractivity contribution in [2.45, 2.75) is 11.1 Å². The fraction of sp³-hybridized carbons (Fsp3) is 0.154. The van der Waals surface area contributed by atoms with Crippen molar-refractivity contribution in [3.8, 4) is 0 Å². The van der Waals surface area contributed by atoms with Gasteiger partial charge in [-0.3, -0.25) is 0 Å². The number of hydrogen-bond donors (Lipinski definition) is 0. The Balaban J connectivity index is 0.000000597. The molecule has 0 spiro atoms. The summed E-state index contributed by atoms with van der Waals surface area (Å²) in [6.45, 7) is 0. The van der Waals surface area contributed by atoms with E-state index in [2.05, 4.69) is 0 Å². The van der Waals surface area contributed by atoms with Crippen molar-refractivity contribution in [1.82, 2.24) is 0 Å². The Labute approximate surface area is 144 Å². The van der Waals surface area contributed by atoms with Crippen molar-refractivity contribution in [2.24, 2.45) is 0 Å². The van der Waals surface area contributed by atoms with Gasteiger partial charge >= 0.3 is 23.5 Å². The Bertz CT molecular complexity index is 803. The highest BCUT2D eigenvalue weighted by Gasteiger charge is 2.32. The van der Waals surface area contributed by atoms with Gasteiger partial charge in [0.1, 0.15) is 0 Å². The molecule has 13 heteroatoms. The molecule has 144 valence electrons. The summed E-state index contributed by atoms with van der Waals surface area (Å²) in [6.07, 6.45) is -1.47. The lowest BCUT2D eigenvalue weighted by Gasteiger charge is -2.13. The second-order valence-electron chi connectivity index (χ2n) is 4.71. The monoisotopic (exact) mass is 404 g/mol. The van der Waals surface area contributed by atoms with E-state index in [9.17, 15) is 38.9 Å². The Kier molecular flexibility index (Phi) is 6.63. The average Bonchev–Trinajstić information content (AvgIpc) is 2.52. The van der Waals surface area contributed by atoms with Crippen molar-refractivity contribution >= 4 is 17.3 Å². The van der Waals surface area contributed by atoms with Crippen LogP contribution in [-0.2, 0) is 16.2 Å². The minimum Gasteiger partial charge on any atom is -0.418 e. The average molecular weight is 404 g/mol. The molecule has 0 saturated heterocycles. The van der Waals surface area contributed by atoms with Gasteiger partial charge in [-0.15, -0.1) is 0 Å². The van der Waals surface area contributed by atoms with E-state index in [4.69, 9.17) is 0 Å². The van der Waals surface area contributed by atoms with E-state index >= 15 is 0 Å². The molecule has 1 aromatic heterocycles. The zero-order valence-electron chi connectivity index (χ0n) is 13.0. The molecule has 0 aliphatic heterocycles. The summed E-state index contributed by atoms with van der Waals surface area (Å²) >= 11 is 0. The largest absolute Gasteiger partial charge is 0.673 e. The number of benzene rings is 1. The van der Waals surface area contributed by atoms with Gasteiger partial charge in [-0.1, -0.05) is 15.2 Å². The number of nitrogens with zero attached hydrogens (tertiary/aromatic N) is 2. The minimum atomic E-state index is -6.00. The van der Waals surface area contributed by atoms with Crippen LogP contribution in [0.1, 0.15) is 5.56 Å². The predicted octanol–water partition coefficient (Wildman–Crippen LogP) is 3.25. The summed E-state index contributed by atoms with van der Waals surface area (Å²) in [5.74, 6) is 0. The van der Waals surface area contributed by atoms with Crippen molar-refractivity contribution in [3.05, 3.63) is 60.4 Å². The summed E-state index contributed by atoms with van der Waals surface area (Å²) in [5.41, 5.74) is -0.892. The Hall–Kier alpha value is -2.31. The maximum Gasteiger partial charge on any atom is 0.673 e. The fourth-order valence-electron chi connectivity index (χ4n) is 1.67. The van der Waals surface area contributed by atoms with Crippen LogP contribution >= 0.6 is 0 Å². The van der Waals surface area contributed by atoms with Gasteiger partial charge in [0.25, 0.3) is 0 Å². The van der Waals surface area contributed by atoms with Crippen LogP contribution in [0, 0.1) is 0 Å². The number of halogens is 7. The minimum absolute atomic E-state index is 0.214. The number of pyridine rings is 1. The van der Waals surface area contributed by atoms with Gasteiger partial charge in [0, 0.05) is 12.1 Å². The maximum absolute atomic E-state index is 12.5. The molecular weight excluding hydrogens is 392 g/mol. The number of aromatic nitrogens is 1. The van der Waals surface area contributed by atoms with Crippen LogP contribution in [-0.4, -0.2) is 22.7 Å². The number of hydrogen-bond acceptors (Lipinski definition) is 2. The van der Waals surface area contributed by atoms with E-state index in [1.165, 1.54) is 24.1 Å². The van der Waals surface area contributed by atoms with Crippen LogP contribution in [0.5, 0.6) is 0 Å². The molecule has 26 heavy (non-hydrogen) atoms. The van der Waals surface area contributed by atoms with E-state index in [1.54, 1.807) is 18.2 Å². The van der Waals surface area contributed by atoms with Gasteiger partial charge < -0.3 is 17.3 Å². The van der Waals surface area contributed by atoms with Crippen LogP contribution < -0.4 is 9.09 Å². The molecule has 0 fully saturated rings.